The van der Waals surface area contributed by atoms with Crippen LogP contribution < -0.4 is 10.1 Å². The first-order valence-corrected chi connectivity index (χ1v) is 9.34. The van der Waals surface area contributed by atoms with Gasteiger partial charge in [0.15, 0.2) is 0 Å². The molecule has 0 saturated carbocycles. The highest BCUT2D eigenvalue weighted by Crippen LogP contribution is 2.33. The van der Waals surface area contributed by atoms with Crippen LogP contribution in [0.3, 0.4) is 0 Å². The van der Waals surface area contributed by atoms with Gasteiger partial charge in [0.1, 0.15) is 18.4 Å². The lowest BCUT2D eigenvalue weighted by Gasteiger charge is -2.28. The first kappa shape index (κ1) is 21.2. The zero-order chi connectivity index (χ0) is 19.7. The fraction of sp³-hybridized carbons (Fsp3) is 0.474. The summed E-state index contributed by atoms with van der Waals surface area (Å²) in [6.07, 6.45) is 0.218. The van der Waals surface area contributed by atoms with Crippen LogP contribution in [0.15, 0.2) is 18.2 Å². The van der Waals surface area contributed by atoms with Crippen LogP contribution in [0, 0.1) is 0 Å². The Morgan fingerprint density at radius 1 is 1.10 bits per heavy atom. The number of carbonyl (C=O) groups excluding carboxylic acids is 4. The molecule has 29 heavy (non-hydrogen) atoms. The molecule has 2 fully saturated rings. The van der Waals surface area contributed by atoms with E-state index in [9.17, 15) is 19.2 Å². The number of amides is 4. The van der Waals surface area contributed by atoms with Gasteiger partial charge in [0, 0.05) is 26.1 Å². The fourth-order valence-corrected chi connectivity index (χ4v) is 3.71. The zero-order valence-corrected chi connectivity index (χ0v) is 16.5. The minimum atomic E-state index is -0.980. The highest BCUT2D eigenvalue weighted by atomic mass is 35.5. The summed E-state index contributed by atoms with van der Waals surface area (Å²) in [5.41, 5.74) is 0.401. The lowest BCUT2D eigenvalue weighted by molar-refractivity contribution is -0.136. The molecule has 9 nitrogen and oxygen atoms in total. The molecule has 2 saturated heterocycles. The van der Waals surface area contributed by atoms with E-state index in [1.165, 1.54) is 0 Å². The summed E-state index contributed by atoms with van der Waals surface area (Å²) in [4.78, 5) is 52.4. The van der Waals surface area contributed by atoms with E-state index in [0.29, 0.717) is 32.1 Å². The fourth-order valence-electron chi connectivity index (χ4n) is 3.71. The molecule has 3 aliphatic rings. The Morgan fingerprint density at radius 2 is 1.86 bits per heavy atom. The van der Waals surface area contributed by atoms with Gasteiger partial charge in [-0.2, -0.15) is 0 Å². The molecule has 3 aliphatic heterocycles. The maximum atomic E-state index is 13.0. The number of nitrogens with zero attached hydrogens (tertiary/aromatic N) is 2. The first-order chi connectivity index (χ1) is 13.6. The predicted molar refractivity (Wildman–Crippen MR) is 103 cm³/mol. The van der Waals surface area contributed by atoms with E-state index in [1.807, 2.05) is 0 Å². The van der Waals surface area contributed by atoms with E-state index in [0.717, 1.165) is 18.0 Å². The third-order valence-electron chi connectivity index (χ3n) is 5.20. The largest absolute Gasteiger partial charge is 0.491 e. The molecular weight excluding hydrogens is 402 g/mol. The van der Waals surface area contributed by atoms with E-state index in [1.54, 1.807) is 18.2 Å². The van der Waals surface area contributed by atoms with Crippen LogP contribution in [0.25, 0.3) is 0 Å². The molecule has 1 unspecified atom stereocenters. The molecule has 0 radical (unpaired) electrons. The molecule has 0 bridgehead atoms. The van der Waals surface area contributed by atoms with Crippen molar-refractivity contribution in [2.24, 2.45) is 0 Å². The van der Waals surface area contributed by atoms with Crippen LogP contribution in [0.1, 0.15) is 33.6 Å². The summed E-state index contributed by atoms with van der Waals surface area (Å²) in [7, 11) is 0. The molecule has 0 aliphatic carbocycles. The van der Waals surface area contributed by atoms with Crippen molar-refractivity contribution in [3.63, 3.8) is 0 Å². The van der Waals surface area contributed by atoms with E-state index < -0.39 is 29.7 Å². The minimum Gasteiger partial charge on any atom is -0.491 e. The van der Waals surface area contributed by atoms with Gasteiger partial charge in [0.2, 0.25) is 11.8 Å². The number of morpholine rings is 1. The average molecular weight is 424 g/mol. The van der Waals surface area contributed by atoms with Crippen molar-refractivity contribution in [2.45, 2.75) is 18.9 Å². The van der Waals surface area contributed by atoms with Gasteiger partial charge in [-0.15, -0.1) is 12.4 Å². The lowest BCUT2D eigenvalue weighted by Crippen LogP contribution is -2.54. The van der Waals surface area contributed by atoms with Crippen LogP contribution >= 0.6 is 12.4 Å². The van der Waals surface area contributed by atoms with Gasteiger partial charge in [-0.1, -0.05) is 6.07 Å². The predicted octanol–water partition coefficient (Wildman–Crippen LogP) is 0.221. The summed E-state index contributed by atoms with van der Waals surface area (Å²) in [5, 5.41) is 2.19. The van der Waals surface area contributed by atoms with Crippen LogP contribution in [-0.2, 0) is 14.3 Å². The molecule has 1 N–H and O–H groups in total. The summed E-state index contributed by atoms with van der Waals surface area (Å²) in [6.45, 7) is 4.10. The normalized spacial score (nSPS) is 22.2. The van der Waals surface area contributed by atoms with Crippen molar-refractivity contribution < 1.29 is 28.7 Å². The van der Waals surface area contributed by atoms with E-state index in [4.69, 9.17) is 9.47 Å². The summed E-state index contributed by atoms with van der Waals surface area (Å²) < 4.78 is 11.1. The van der Waals surface area contributed by atoms with Crippen LogP contribution in [0.5, 0.6) is 5.75 Å². The van der Waals surface area contributed by atoms with Crippen LogP contribution in [0.4, 0.5) is 0 Å². The number of rotatable bonds is 5. The van der Waals surface area contributed by atoms with Crippen molar-refractivity contribution in [1.82, 2.24) is 15.1 Å². The average Bonchev–Trinajstić information content (AvgIpc) is 2.94. The molecule has 4 amide bonds. The number of hydrogen-bond acceptors (Lipinski definition) is 7. The Hall–Kier alpha value is -2.49. The summed E-state index contributed by atoms with van der Waals surface area (Å²) in [6, 6.07) is 3.88. The number of piperidine rings is 1. The highest BCUT2D eigenvalue weighted by molar-refractivity contribution is 6.24. The summed E-state index contributed by atoms with van der Waals surface area (Å²) in [5.74, 6) is -1.78. The molecule has 0 aromatic heterocycles. The van der Waals surface area contributed by atoms with Crippen molar-refractivity contribution in [3.8, 4) is 5.75 Å². The van der Waals surface area contributed by atoms with Gasteiger partial charge >= 0.3 is 0 Å². The first-order valence-electron chi connectivity index (χ1n) is 9.34. The molecule has 3 heterocycles. The van der Waals surface area contributed by atoms with Gasteiger partial charge in [0.25, 0.3) is 11.8 Å². The molecule has 1 aromatic carbocycles. The second-order valence-electron chi connectivity index (χ2n) is 6.93. The maximum Gasteiger partial charge on any atom is 0.266 e. The van der Waals surface area contributed by atoms with Gasteiger partial charge in [-0.05, 0) is 18.6 Å². The van der Waals surface area contributed by atoms with Gasteiger partial charge in [-0.3, -0.25) is 34.3 Å². The number of nitrogens with one attached hydrogen (secondary N) is 1. The highest BCUT2D eigenvalue weighted by Gasteiger charge is 2.45. The second-order valence-corrected chi connectivity index (χ2v) is 6.93. The number of imide groups is 2. The monoisotopic (exact) mass is 423 g/mol. The molecule has 1 atom stereocenters. The number of fused-ring (bicyclic) bond motifs is 1. The standard InChI is InChI=1S/C19H21N3O6.ClH/c23-15-5-4-13(17(24)20-15)22-18(25)12-2-1-3-14(16(12)19(22)26)28-11-8-21-6-9-27-10-7-21;/h1-3,13H,4-11H2,(H,20,23,24);1H. The third kappa shape index (κ3) is 4.12. The Balaban J connectivity index is 0.00000240. The van der Waals surface area contributed by atoms with Gasteiger partial charge in [0.05, 0.1) is 24.3 Å². The Labute approximate surface area is 173 Å². The number of benzene rings is 1. The summed E-state index contributed by atoms with van der Waals surface area (Å²) >= 11 is 0. The molecule has 10 heteroatoms. The van der Waals surface area contributed by atoms with Crippen LogP contribution in [0.2, 0.25) is 0 Å². The van der Waals surface area contributed by atoms with Crippen molar-refractivity contribution >= 4 is 36.0 Å². The van der Waals surface area contributed by atoms with E-state index in [-0.39, 0.29) is 36.4 Å². The van der Waals surface area contributed by atoms with E-state index in [2.05, 4.69) is 10.2 Å². The maximum absolute atomic E-state index is 13.0. The van der Waals surface area contributed by atoms with Crippen molar-refractivity contribution in [3.05, 3.63) is 29.3 Å². The molecule has 1 aromatic rings. The van der Waals surface area contributed by atoms with Gasteiger partial charge < -0.3 is 9.47 Å². The molecule has 4 rings (SSSR count). The smallest absolute Gasteiger partial charge is 0.266 e. The Kier molecular flexibility index (Phi) is 6.51. The number of ether oxygens (including phenoxy) is 2. The SMILES string of the molecule is Cl.O=C1CCC(N2C(=O)c3cccc(OCCN4CCOCC4)c3C2=O)C(=O)N1. The van der Waals surface area contributed by atoms with E-state index >= 15 is 0 Å². The Morgan fingerprint density at radius 3 is 2.59 bits per heavy atom. The minimum absolute atomic E-state index is 0. The van der Waals surface area contributed by atoms with Crippen LogP contribution in [-0.4, -0.2) is 78.9 Å². The molecule has 0 spiro atoms. The third-order valence-corrected chi connectivity index (χ3v) is 5.20. The second kappa shape index (κ2) is 8.89. The van der Waals surface area contributed by atoms with Crippen molar-refractivity contribution in [2.75, 3.05) is 39.5 Å². The Bertz CT molecular complexity index is 839. The molecule has 156 valence electrons. The number of carbonyl (C=O) groups is 4. The zero-order valence-electron chi connectivity index (χ0n) is 15.7. The lowest BCUT2D eigenvalue weighted by atomic mass is 10.0. The number of hydrogen-bond donors (Lipinski definition) is 1. The van der Waals surface area contributed by atoms with Gasteiger partial charge in [-0.25, -0.2) is 0 Å². The number of halogens is 1. The molecular formula is C19H22ClN3O6. The topological polar surface area (TPSA) is 105 Å². The van der Waals surface area contributed by atoms with Crippen molar-refractivity contribution in [1.29, 1.82) is 0 Å². The quantitative estimate of drug-likeness (QED) is 0.675.